The van der Waals surface area contributed by atoms with E-state index in [0.29, 0.717) is 5.56 Å². The third-order valence-corrected chi connectivity index (χ3v) is 5.13. The Labute approximate surface area is 173 Å². The zero-order valence-corrected chi connectivity index (χ0v) is 19.0. The van der Waals surface area contributed by atoms with E-state index in [1.165, 1.54) is 12.1 Å². The molecule has 0 bridgehead atoms. The van der Waals surface area contributed by atoms with Crippen LogP contribution in [0.1, 0.15) is 66.5 Å². The molecular weight excluding hydrogens is 396 g/mol. The average Bonchev–Trinajstić information content (AvgIpc) is 2.50. The van der Waals surface area contributed by atoms with Crippen LogP contribution < -0.4 is 10.0 Å². The van der Waals surface area contributed by atoms with Gasteiger partial charge >= 0.3 is 12.1 Å². The predicted octanol–water partition coefficient (Wildman–Crippen LogP) is 3.28. The highest BCUT2D eigenvalue weighted by Gasteiger charge is 2.26. The Balaban J connectivity index is 3.21. The number of hydrogen-bond acceptors (Lipinski definition) is 6. The van der Waals surface area contributed by atoms with Gasteiger partial charge in [-0.1, -0.05) is 12.1 Å². The number of hydrogen-bond donors (Lipinski definition) is 2. The lowest BCUT2D eigenvalue weighted by Crippen LogP contribution is -2.40. The van der Waals surface area contributed by atoms with Gasteiger partial charge in [0.15, 0.2) is 0 Å². The van der Waals surface area contributed by atoms with Crippen LogP contribution in [0, 0.1) is 0 Å². The molecule has 0 aromatic heterocycles. The quantitative estimate of drug-likeness (QED) is 0.645. The van der Waals surface area contributed by atoms with Gasteiger partial charge in [0.05, 0.1) is 24.0 Å². The van der Waals surface area contributed by atoms with E-state index in [1.54, 1.807) is 60.6 Å². The minimum absolute atomic E-state index is 0.0322. The number of sulfonamides is 1. The molecule has 0 spiro atoms. The van der Waals surface area contributed by atoms with Crippen LogP contribution in [0.25, 0.3) is 0 Å². The van der Waals surface area contributed by atoms with Gasteiger partial charge in [0.25, 0.3) is 0 Å². The Morgan fingerprint density at radius 3 is 2.24 bits per heavy atom. The minimum Gasteiger partial charge on any atom is -0.466 e. The maximum absolute atomic E-state index is 12.6. The van der Waals surface area contributed by atoms with E-state index in [1.807, 2.05) is 0 Å². The van der Waals surface area contributed by atoms with Gasteiger partial charge in [0, 0.05) is 5.54 Å². The van der Waals surface area contributed by atoms with E-state index in [0.717, 1.165) is 0 Å². The Morgan fingerprint density at radius 1 is 1.10 bits per heavy atom. The summed E-state index contributed by atoms with van der Waals surface area (Å²) in [5.74, 6) is -0.519. The van der Waals surface area contributed by atoms with Crippen LogP contribution in [0.4, 0.5) is 4.79 Å². The van der Waals surface area contributed by atoms with Gasteiger partial charge in [-0.05, 0) is 66.2 Å². The van der Waals surface area contributed by atoms with Gasteiger partial charge in [0.2, 0.25) is 10.0 Å². The first kappa shape index (κ1) is 24.9. The van der Waals surface area contributed by atoms with Gasteiger partial charge in [-0.15, -0.1) is 0 Å². The number of carbonyl (C=O) groups is 2. The van der Waals surface area contributed by atoms with Gasteiger partial charge in [-0.2, -0.15) is 0 Å². The summed E-state index contributed by atoms with van der Waals surface area (Å²) in [6.07, 6.45) is -0.878. The molecule has 0 aliphatic heterocycles. The molecule has 2 N–H and O–H groups in total. The molecule has 1 rings (SSSR count). The molecule has 29 heavy (non-hydrogen) atoms. The van der Waals surface area contributed by atoms with E-state index >= 15 is 0 Å². The van der Waals surface area contributed by atoms with Crippen molar-refractivity contribution in [2.45, 2.75) is 77.0 Å². The van der Waals surface area contributed by atoms with Crippen molar-refractivity contribution in [1.82, 2.24) is 10.0 Å². The fraction of sp³-hybridized carbons (Fsp3) is 0.600. The zero-order valence-electron chi connectivity index (χ0n) is 18.2. The van der Waals surface area contributed by atoms with E-state index in [2.05, 4.69) is 10.0 Å². The Kier molecular flexibility index (Phi) is 8.23. The molecule has 1 atom stereocenters. The predicted molar refractivity (Wildman–Crippen MR) is 110 cm³/mol. The van der Waals surface area contributed by atoms with Crippen molar-refractivity contribution in [3.63, 3.8) is 0 Å². The van der Waals surface area contributed by atoms with Crippen LogP contribution >= 0.6 is 0 Å². The van der Waals surface area contributed by atoms with Crippen molar-refractivity contribution in [2.24, 2.45) is 0 Å². The number of carbonyl (C=O) groups excluding carboxylic acids is 2. The van der Waals surface area contributed by atoms with Crippen LogP contribution in [-0.2, 0) is 24.3 Å². The number of esters is 1. The number of alkyl carbamates (subject to hydrolysis) is 1. The van der Waals surface area contributed by atoms with Crippen molar-refractivity contribution in [3.8, 4) is 0 Å². The number of ether oxygens (including phenoxy) is 2. The SMILES string of the molecule is CCOC(=O)C[C@@H](NC(=O)OC(C)(C)C)c1cccc(S(=O)(=O)NC(C)(C)C)c1. The Bertz CT molecular complexity index is 822. The highest BCUT2D eigenvalue weighted by atomic mass is 32.2. The third kappa shape index (κ3) is 9.27. The second kappa shape index (κ2) is 9.58. The number of benzene rings is 1. The molecule has 1 aromatic carbocycles. The smallest absolute Gasteiger partial charge is 0.408 e. The first-order valence-corrected chi connectivity index (χ1v) is 10.9. The lowest BCUT2D eigenvalue weighted by Gasteiger charge is -2.24. The Morgan fingerprint density at radius 2 is 1.72 bits per heavy atom. The Hall–Kier alpha value is -2.13. The molecule has 0 saturated heterocycles. The summed E-state index contributed by atoms with van der Waals surface area (Å²) in [7, 11) is -3.78. The monoisotopic (exact) mass is 428 g/mol. The molecule has 0 aliphatic carbocycles. The van der Waals surface area contributed by atoms with Crippen LogP contribution in [0.5, 0.6) is 0 Å². The van der Waals surface area contributed by atoms with Crippen molar-refractivity contribution >= 4 is 22.1 Å². The van der Waals surface area contributed by atoms with Crippen LogP contribution in [0.2, 0.25) is 0 Å². The molecule has 8 nitrogen and oxygen atoms in total. The molecule has 0 radical (unpaired) electrons. The molecule has 0 fully saturated rings. The van der Waals surface area contributed by atoms with Crippen LogP contribution in [0.15, 0.2) is 29.2 Å². The molecule has 9 heteroatoms. The molecule has 0 heterocycles. The molecule has 1 aromatic rings. The molecule has 164 valence electrons. The largest absolute Gasteiger partial charge is 0.466 e. The topological polar surface area (TPSA) is 111 Å². The zero-order chi connectivity index (χ0) is 22.5. The van der Waals surface area contributed by atoms with Crippen LogP contribution in [-0.4, -0.2) is 38.2 Å². The summed E-state index contributed by atoms with van der Waals surface area (Å²) in [5, 5.41) is 2.63. The van der Waals surface area contributed by atoms with Gasteiger partial charge in [-0.3, -0.25) is 4.79 Å². The van der Waals surface area contributed by atoms with E-state index in [4.69, 9.17) is 9.47 Å². The number of nitrogens with one attached hydrogen (secondary N) is 2. The number of rotatable bonds is 7. The lowest BCUT2D eigenvalue weighted by atomic mass is 10.0. The van der Waals surface area contributed by atoms with E-state index < -0.39 is 39.3 Å². The first-order valence-electron chi connectivity index (χ1n) is 9.42. The van der Waals surface area contributed by atoms with Crippen molar-refractivity contribution in [2.75, 3.05) is 6.61 Å². The summed E-state index contributed by atoms with van der Waals surface area (Å²) in [4.78, 5) is 24.3. The van der Waals surface area contributed by atoms with Crippen molar-refractivity contribution in [3.05, 3.63) is 29.8 Å². The second-order valence-electron chi connectivity index (χ2n) is 8.64. The van der Waals surface area contributed by atoms with Gasteiger partial charge in [0.1, 0.15) is 5.60 Å². The molecule has 0 unspecified atom stereocenters. The summed E-state index contributed by atoms with van der Waals surface area (Å²) in [6.45, 7) is 12.3. The summed E-state index contributed by atoms with van der Waals surface area (Å²) in [6, 6.07) is 5.26. The maximum atomic E-state index is 12.6. The van der Waals surface area contributed by atoms with E-state index in [-0.39, 0.29) is 17.9 Å². The minimum atomic E-state index is -3.78. The van der Waals surface area contributed by atoms with Gasteiger partial charge in [-0.25, -0.2) is 17.9 Å². The average molecular weight is 429 g/mol. The molecule has 1 amide bonds. The fourth-order valence-corrected chi connectivity index (χ4v) is 3.92. The second-order valence-corrected chi connectivity index (χ2v) is 10.3. The van der Waals surface area contributed by atoms with Crippen molar-refractivity contribution < 1.29 is 27.5 Å². The lowest BCUT2D eigenvalue weighted by molar-refractivity contribution is -0.143. The van der Waals surface area contributed by atoms with Crippen molar-refractivity contribution in [1.29, 1.82) is 0 Å². The standard InChI is InChI=1S/C20H32N2O6S/c1-8-27-17(23)13-16(21-18(24)28-20(5,6)7)14-10-9-11-15(12-14)29(25,26)22-19(2,3)4/h9-12,16,22H,8,13H2,1-7H3,(H,21,24)/t16-/m1/s1. The molecule has 0 aliphatic rings. The number of amides is 1. The molecule has 0 saturated carbocycles. The van der Waals surface area contributed by atoms with E-state index in [9.17, 15) is 18.0 Å². The molecular formula is C20H32N2O6S. The summed E-state index contributed by atoms with van der Waals surface area (Å²) in [5.41, 5.74) is -0.936. The summed E-state index contributed by atoms with van der Waals surface area (Å²) >= 11 is 0. The maximum Gasteiger partial charge on any atom is 0.408 e. The summed E-state index contributed by atoms with van der Waals surface area (Å²) < 4.78 is 38.1. The highest BCUT2D eigenvalue weighted by molar-refractivity contribution is 7.89. The first-order chi connectivity index (χ1) is 13.1. The fourth-order valence-electron chi connectivity index (χ4n) is 2.45. The third-order valence-electron chi connectivity index (χ3n) is 3.38. The highest BCUT2D eigenvalue weighted by Crippen LogP contribution is 2.23. The van der Waals surface area contributed by atoms with Gasteiger partial charge < -0.3 is 14.8 Å². The van der Waals surface area contributed by atoms with Crippen LogP contribution in [0.3, 0.4) is 0 Å². The normalized spacial score (nSPS) is 13.5.